The highest BCUT2D eigenvalue weighted by Crippen LogP contribution is 2.42. The van der Waals surface area contributed by atoms with Crippen LogP contribution in [0.1, 0.15) is 67.2 Å². The molecule has 0 saturated carbocycles. The summed E-state index contributed by atoms with van der Waals surface area (Å²) in [5.41, 5.74) is 0.918. The van der Waals surface area contributed by atoms with E-state index in [1.165, 1.54) is 38.8 Å². The monoisotopic (exact) mass is 267 g/mol. The quantitative estimate of drug-likeness (QED) is 0.655. The average Bonchev–Trinajstić information content (AvgIpc) is 2.27. The van der Waals surface area contributed by atoms with Crippen molar-refractivity contribution >= 4 is 0 Å². The third-order valence-electron chi connectivity index (χ3n) is 5.39. The Morgan fingerprint density at radius 1 is 0.947 bits per heavy atom. The van der Waals surface area contributed by atoms with Crippen LogP contribution in [0, 0.1) is 11.3 Å². The van der Waals surface area contributed by atoms with E-state index in [2.05, 4.69) is 46.4 Å². The van der Waals surface area contributed by atoms with Crippen LogP contribution < -0.4 is 0 Å². The first-order valence-corrected chi connectivity index (χ1v) is 8.01. The van der Waals surface area contributed by atoms with Crippen LogP contribution in [0.4, 0.5) is 0 Å². The molecule has 2 heterocycles. The van der Waals surface area contributed by atoms with Gasteiger partial charge in [-0.2, -0.15) is 0 Å². The number of ether oxygens (including phenoxy) is 1. The van der Waals surface area contributed by atoms with Crippen molar-refractivity contribution in [2.45, 2.75) is 78.4 Å². The molecular formula is C17H33NO. The first-order chi connectivity index (χ1) is 8.62. The molecule has 0 aliphatic carbocycles. The van der Waals surface area contributed by atoms with Crippen LogP contribution in [-0.4, -0.2) is 35.7 Å². The van der Waals surface area contributed by atoms with E-state index in [0.717, 1.165) is 12.5 Å². The molecule has 0 amide bonds. The third-order valence-corrected chi connectivity index (χ3v) is 5.39. The van der Waals surface area contributed by atoms with E-state index < -0.39 is 0 Å². The van der Waals surface area contributed by atoms with Crippen LogP contribution in [0.15, 0.2) is 0 Å². The Labute approximate surface area is 119 Å². The fourth-order valence-corrected chi connectivity index (χ4v) is 3.53. The van der Waals surface area contributed by atoms with Crippen molar-refractivity contribution in [2.75, 3.05) is 19.7 Å². The second-order valence-corrected chi connectivity index (χ2v) is 8.75. The second kappa shape index (κ2) is 5.04. The van der Waals surface area contributed by atoms with E-state index in [0.29, 0.717) is 11.0 Å². The van der Waals surface area contributed by atoms with Gasteiger partial charge in [0.25, 0.3) is 0 Å². The van der Waals surface area contributed by atoms with Gasteiger partial charge in [0.2, 0.25) is 0 Å². The molecule has 2 fully saturated rings. The molecule has 0 radical (unpaired) electrons. The first-order valence-electron chi connectivity index (χ1n) is 8.01. The SMILES string of the molecule is CC(C)(C)C1CCC2(CCN(C(C)(C)C)CC2)OC1. The number of piperidine rings is 1. The molecule has 2 nitrogen and oxygen atoms in total. The summed E-state index contributed by atoms with van der Waals surface area (Å²) in [6.45, 7) is 17.4. The smallest absolute Gasteiger partial charge is 0.0707 e. The summed E-state index contributed by atoms with van der Waals surface area (Å²) in [6.07, 6.45) is 5.06. The minimum atomic E-state index is 0.212. The molecule has 0 aromatic carbocycles. The lowest BCUT2D eigenvalue weighted by molar-refractivity contribution is -0.149. The predicted molar refractivity (Wildman–Crippen MR) is 81.4 cm³/mol. The largest absolute Gasteiger partial charge is 0.375 e. The second-order valence-electron chi connectivity index (χ2n) is 8.75. The van der Waals surface area contributed by atoms with Gasteiger partial charge in [-0.3, -0.25) is 4.90 Å². The summed E-state index contributed by atoms with van der Waals surface area (Å²) in [5, 5.41) is 0. The minimum absolute atomic E-state index is 0.212. The maximum atomic E-state index is 6.38. The van der Waals surface area contributed by atoms with Crippen molar-refractivity contribution in [1.82, 2.24) is 4.90 Å². The van der Waals surface area contributed by atoms with Crippen LogP contribution in [0.5, 0.6) is 0 Å². The van der Waals surface area contributed by atoms with E-state index in [9.17, 15) is 0 Å². The van der Waals surface area contributed by atoms with Crippen LogP contribution >= 0.6 is 0 Å². The number of hydrogen-bond acceptors (Lipinski definition) is 2. The van der Waals surface area contributed by atoms with Gasteiger partial charge in [0.15, 0.2) is 0 Å². The Morgan fingerprint density at radius 2 is 1.53 bits per heavy atom. The van der Waals surface area contributed by atoms with E-state index >= 15 is 0 Å². The molecule has 1 atom stereocenters. The van der Waals surface area contributed by atoms with Gasteiger partial charge in [-0.25, -0.2) is 0 Å². The molecule has 2 heteroatoms. The molecule has 2 aliphatic rings. The third kappa shape index (κ3) is 3.52. The van der Waals surface area contributed by atoms with Gasteiger partial charge in [-0.05, 0) is 57.8 Å². The predicted octanol–water partition coefficient (Wildman–Crippen LogP) is 4.09. The first kappa shape index (κ1) is 15.3. The molecule has 1 unspecified atom stereocenters. The Morgan fingerprint density at radius 3 is 1.89 bits per heavy atom. The summed E-state index contributed by atoms with van der Waals surface area (Å²) in [4.78, 5) is 2.61. The van der Waals surface area contributed by atoms with Gasteiger partial charge in [-0.1, -0.05) is 20.8 Å². The van der Waals surface area contributed by atoms with Gasteiger partial charge >= 0.3 is 0 Å². The van der Waals surface area contributed by atoms with Crippen LogP contribution in [0.2, 0.25) is 0 Å². The Hall–Kier alpha value is -0.0800. The highest BCUT2D eigenvalue weighted by atomic mass is 16.5. The molecule has 1 spiro atoms. The van der Waals surface area contributed by atoms with E-state index in [1.54, 1.807) is 0 Å². The van der Waals surface area contributed by atoms with Crippen molar-refractivity contribution in [3.05, 3.63) is 0 Å². The van der Waals surface area contributed by atoms with E-state index in [1.807, 2.05) is 0 Å². The average molecular weight is 267 g/mol. The molecular weight excluding hydrogens is 234 g/mol. The van der Waals surface area contributed by atoms with Gasteiger partial charge in [-0.15, -0.1) is 0 Å². The molecule has 2 aliphatic heterocycles. The lowest BCUT2D eigenvalue weighted by Gasteiger charge is -2.50. The molecule has 2 rings (SSSR count). The van der Waals surface area contributed by atoms with Crippen molar-refractivity contribution in [2.24, 2.45) is 11.3 Å². The standard InChI is InChI=1S/C17H33NO/c1-15(2,3)14-7-8-17(19-13-14)9-11-18(12-10-17)16(4,5)6/h14H,7-13H2,1-6H3. The van der Waals surface area contributed by atoms with Crippen molar-refractivity contribution < 1.29 is 4.74 Å². The molecule has 0 aromatic heterocycles. The molecule has 19 heavy (non-hydrogen) atoms. The van der Waals surface area contributed by atoms with Gasteiger partial charge < -0.3 is 4.74 Å². The van der Waals surface area contributed by atoms with Gasteiger partial charge in [0, 0.05) is 18.6 Å². The van der Waals surface area contributed by atoms with Crippen LogP contribution in [0.25, 0.3) is 0 Å². The number of nitrogens with zero attached hydrogens (tertiary/aromatic N) is 1. The normalized spacial score (nSPS) is 29.7. The summed E-state index contributed by atoms with van der Waals surface area (Å²) < 4.78 is 6.38. The Balaban J connectivity index is 1.88. The summed E-state index contributed by atoms with van der Waals surface area (Å²) in [6, 6.07) is 0. The zero-order valence-corrected chi connectivity index (χ0v) is 13.9. The Bertz CT molecular complexity index is 259. The molecule has 112 valence electrons. The zero-order chi connectivity index (χ0) is 14.3. The maximum absolute atomic E-state index is 6.38. The van der Waals surface area contributed by atoms with Crippen molar-refractivity contribution in [3.8, 4) is 0 Å². The molecule has 0 aromatic rings. The zero-order valence-electron chi connectivity index (χ0n) is 13.9. The number of hydrogen-bond donors (Lipinski definition) is 0. The van der Waals surface area contributed by atoms with Gasteiger partial charge in [0.05, 0.1) is 12.2 Å². The van der Waals surface area contributed by atoms with E-state index in [-0.39, 0.29) is 5.60 Å². The summed E-state index contributed by atoms with van der Waals surface area (Å²) in [7, 11) is 0. The lowest BCUT2D eigenvalue weighted by Crippen LogP contribution is -2.54. The van der Waals surface area contributed by atoms with E-state index in [4.69, 9.17) is 4.74 Å². The van der Waals surface area contributed by atoms with Gasteiger partial charge in [0.1, 0.15) is 0 Å². The summed E-state index contributed by atoms with van der Waals surface area (Å²) >= 11 is 0. The highest BCUT2D eigenvalue weighted by Gasteiger charge is 2.42. The topological polar surface area (TPSA) is 12.5 Å². The molecule has 0 bridgehead atoms. The lowest BCUT2D eigenvalue weighted by atomic mass is 9.73. The van der Waals surface area contributed by atoms with Crippen molar-refractivity contribution in [1.29, 1.82) is 0 Å². The molecule has 0 N–H and O–H groups in total. The fraction of sp³-hybridized carbons (Fsp3) is 1.00. The van der Waals surface area contributed by atoms with Crippen molar-refractivity contribution in [3.63, 3.8) is 0 Å². The fourth-order valence-electron chi connectivity index (χ4n) is 3.53. The number of rotatable bonds is 0. The molecule has 2 saturated heterocycles. The minimum Gasteiger partial charge on any atom is -0.375 e. The maximum Gasteiger partial charge on any atom is 0.0707 e. The highest BCUT2D eigenvalue weighted by molar-refractivity contribution is 4.95. The summed E-state index contributed by atoms with van der Waals surface area (Å²) in [5.74, 6) is 0.735. The number of likely N-dealkylation sites (tertiary alicyclic amines) is 1. The van der Waals surface area contributed by atoms with Crippen LogP contribution in [-0.2, 0) is 4.74 Å². The Kier molecular flexibility index (Phi) is 4.06. The van der Waals surface area contributed by atoms with Crippen LogP contribution in [0.3, 0.4) is 0 Å².